The lowest BCUT2D eigenvalue weighted by Gasteiger charge is -2.25. The van der Waals surface area contributed by atoms with E-state index in [-0.39, 0.29) is 25.2 Å². The quantitative estimate of drug-likeness (QED) is 0.658. The van der Waals surface area contributed by atoms with Gasteiger partial charge in [-0.3, -0.25) is 14.5 Å². The number of hydrogen-bond donors (Lipinski definition) is 2. The molecule has 2 aromatic carbocycles. The van der Waals surface area contributed by atoms with Gasteiger partial charge in [0.2, 0.25) is 5.91 Å². The van der Waals surface area contributed by atoms with E-state index < -0.39 is 24.3 Å². The Labute approximate surface area is 168 Å². The molecular formula is C22H23NO6. The van der Waals surface area contributed by atoms with Gasteiger partial charge in [0, 0.05) is 12.8 Å². The smallest absolute Gasteiger partial charge is 0.481 e. The molecule has 0 saturated carbocycles. The molecule has 152 valence electrons. The summed E-state index contributed by atoms with van der Waals surface area (Å²) >= 11 is 0. The number of carbonyl (C=O) groups excluding carboxylic acids is 1. The van der Waals surface area contributed by atoms with E-state index in [9.17, 15) is 19.5 Å². The van der Waals surface area contributed by atoms with Crippen LogP contribution in [0.5, 0.6) is 0 Å². The van der Waals surface area contributed by atoms with Gasteiger partial charge >= 0.3 is 12.1 Å². The molecule has 0 saturated heterocycles. The van der Waals surface area contributed by atoms with Crippen molar-refractivity contribution in [2.24, 2.45) is 5.92 Å². The van der Waals surface area contributed by atoms with Gasteiger partial charge in [-0.05, 0) is 36.5 Å². The Morgan fingerprint density at radius 2 is 1.69 bits per heavy atom. The number of ether oxygens (including phenoxy) is 1. The zero-order valence-electron chi connectivity index (χ0n) is 15.9. The third kappa shape index (κ3) is 5.13. The van der Waals surface area contributed by atoms with E-state index in [1.54, 1.807) is 12.1 Å². The van der Waals surface area contributed by atoms with Crippen molar-refractivity contribution in [1.29, 1.82) is 0 Å². The lowest BCUT2D eigenvalue weighted by molar-refractivity contribution is -0.142. The SMILES string of the molecule is O=C(O)O[C@H]1Cc2ccccc2N1C(=O)CCC(CCc1ccccc1)C(=O)O. The molecular weight excluding hydrogens is 374 g/mol. The summed E-state index contributed by atoms with van der Waals surface area (Å²) < 4.78 is 4.89. The molecule has 1 unspecified atom stereocenters. The van der Waals surface area contributed by atoms with Crippen molar-refractivity contribution in [3.05, 3.63) is 65.7 Å². The second-order valence-electron chi connectivity index (χ2n) is 7.03. The van der Waals surface area contributed by atoms with E-state index in [0.717, 1.165) is 11.1 Å². The molecule has 3 rings (SSSR count). The number of anilines is 1. The third-order valence-electron chi connectivity index (χ3n) is 5.12. The number of aryl methyl sites for hydroxylation is 1. The van der Waals surface area contributed by atoms with Crippen molar-refractivity contribution < 1.29 is 29.3 Å². The molecule has 1 heterocycles. The van der Waals surface area contributed by atoms with Gasteiger partial charge in [0.25, 0.3) is 0 Å². The second kappa shape index (κ2) is 9.23. The van der Waals surface area contributed by atoms with Crippen LogP contribution in [0, 0.1) is 5.92 Å². The van der Waals surface area contributed by atoms with Crippen molar-refractivity contribution in [2.75, 3.05) is 4.90 Å². The summed E-state index contributed by atoms with van der Waals surface area (Å²) in [6, 6.07) is 16.7. The normalized spacial score (nSPS) is 16.1. The summed E-state index contributed by atoms with van der Waals surface area (Å²) in [5, 5.41) is 18.5. The zero-order chi connectivity index (χ0) is 20.8. The number of para-hydroxylation sites is 1. The highest BCUT2D eigenvalue weighted by Gasteiger charge is 2.36. The predicted molar refractivity (Wildman–Crippen MR) is 106 cm³/mol. The fraction of sp³-hybridized carbons (Fsp3) is 0.318. The summed E-state index contributed by atoms with van der Waals surface area (Å²) in [6.45, 7) is 0. The minimum Gasteiger partial charge on any atom is -0.481 e. The van der Waals surface area contributed by atoms with Crippen LogP contribution in [-0.2, 0) is 27.2 Å². The van der Waals surface area contributed by atoms with Crippen LogP contribution in [0.2, 0.25) is 0 Å². The number of amides is 1. The van der Waals surface area contributed by atoms with Gasteiger partial charge in [-0.25, -0.2) is 4.79 Å². The Balaban J connectivity index is 1.65. The predicted octanol–water partition coefficient (Wildman–Crippen LogP) is 3.71. The van der Waals surface area contributed by atoms with Crippen LogP contribution in [0.1, 0.15) is 30.4 Å². The number of carboxylic acid groups (broad SMARTS) is 2. The largest absolute Gasteiger partial charge is 0.507 e. The minimum absolute atomic E-state index is 0.000427. The molecule has 1 aliphatic rings. The molecule has 0 radical (unpaired) electrons. The highest BCUT2D eigenvalue weighted by molar-refractivity contribution is 5.96. The van der Waals surface area contributed by atoms with Crippen molar-refractivity contribution in [3.63, 3.8) is 0 Å². The van der Waals surface area contributed by atoms with Crippen LogP contribution >= 0.6 is 0 Å². The molecule has 29 heavy (non-hydrogen) atoms. The first kappa shape index (κ1) is 20.4. The van der Waals surface area contributed by atoms with Gasteiger partial charge < -0.3 is 14.9 Å². The lowest BCUT2D eigenvalue weighted by atomic mass is 9.95. The van der Waals surface area contributed by atoms with Crippen LogP contribution in [0.25, 0.3) is 0 Å². The molecule has 2 N–H and O–H groups in total. The molecule has 7 heteroatoms. The summed E-state index contributed by atoms with van der Waals surface area (Å²) in [4.78, 5) is 36.8. The molecule has 0 spiro atoms. The maximum atomic E-state index is 12.9. The first-order chi connectivity index (χ1) is 14.0. The van der Waals surface area contributed by atoms with Gasteiger partial charge in [-0.2, -0.15) is 0 Å². The second-order valence-corrected chi connectivity index (χ2v) is 7.03. The maximum Gasteiger partial charge on any atom is 0.507 e. The summed E-state index contributed by atoms with van der Waals surface area (Å²) in [5.41, 5.74) is 2.49. The van der Waals surface area contributed by atoms with Crippen molar-refractivity contribution in [3.8, 4) is 0 Å². The lowest BCUT2D eigenvalue weighted by Crippen LogP contribution is -2.40. The fourth-order valence-corrected chi connectivity index (χ4v) is 3.65. The first-order valence-corrected chi connectivity index (χ1v) is 9.52. The minimum atomic E-state index is -1.45. The fourth-order valence-electron chi connectivity index (χ4n) is 3.65. The van der Waals surface area contributed by atoms with Crippen LogP contribution in [0.15, 0.2) is 54.6 Å². The highest BCUT2D eigenvalue weighted by Crippen LogP contribution is 2.33. The Morgan fingerprint density at radius 1 is 1.00 bits per heavy atom. The van der Waals surface area contributed by atoms with Gasteiger partial charge in [-0.15, -0.1) is 0 Å². The van der Waals surface area contributed by atoms with E-state index in [1.807, 2.05) is 42.5 Å². The number of hydrogen-bond acceptors (Lipinski definition) is 4. The monoisotopic (exact) mass is 397 g/mol. The third-order valence-corrected chi connectivity index (χ3v) is 5.12. The zero-order valence-corrected chi connectivity index (χ0v) is 15.9. The average Bonchev–Trinajstić information content (AvgIpc) is 3.05. The number of rotatable bonds is 8. The number of benzene rings is 2. The first-order valence-electron chi connectivity index (χ1n) is 9.52. The van der Waals surface area contributed by atoms with Crippen LogP contribution in [-0.4, -0.2) is 34.5 Å². The Bertz CT molecular complexity index is 882. The van der Waals surface area contributed by atoms with E-state index in [1.165, 1.54) is 4.90 Å². The van der Waals surface area contributed by atoms with Crippen molar-refractivity contribution >= 4 is 23.7 Å². The molecule has 1 aliphatic heterocycles. The molecule has 1 amide bonds. The van der Waals surface area contributed by atoms with Gasteiger partial charge in [0.15, 0.2) is 6.23 Å². The molecule has 0 aromatic heterocycles. The average molecular weight is 397 g/mol. The van der Waals surface area contributed by atoms with Gasteiger partial charge in [0.1, 0.15) is 0 Å². The molecule has 0 bridgehead atoms. The van der Waals surface area contributed by atoms with Crippen LogP contribution in [0.4, 0.5) is 10.5 Å². The Kier molecular flexibility index (Phi) is 6.49. The Hall–Kier alpha value is -3.35. The number of carbonyl (C=O) groups is 3. The molecule has 7 nitrogen and oxygen atoms in total. The number of carboxylic acids is 1. The van der Waals surface area contributed by atoms with E-state index in [0.29, 0.717) is 18.5 Å². The Morgan fingerprint density at radius 3 is 2.38 bits per heavy atom. The van der Waals surface area contributed by atoms with Crippen molar-refractivity contribution in [2.45, 2.75) is 38.3 Å². The summed E-state index contributed by atoms with van der Waals surface area (Å²) in [5.74, 6) is -1.93. The molecule has 2 aromatic rings. The molecule has 0 aliphatic carbocycles. The van der Waals surface area contributed by atoms with Gasteiger partial charge in [-0.1, -0.05) is 48.5 Å². The molecule has 2 atom stereocenters. The summed E-state index contributed by atoms with van der Waals surface area (Å²) in [7, 11) is 0. The summed E-state index contributed by atoms with van der Waals surface area (Å²) in [6.07, 6.45) is -0.873. The van der Waals surface area contributed by atoms with E-state index in [2.05, 4.69) is 0 Å². The van der Waals surface area contributed by atoms with Crippen LogP contribution in [0.3, 0.4) is 0 Å². The van der Waals surface area contributed by atoms with Crippen LogP contribution < -0.4 is 4.90 Å². The van der Waals surface area contributed by atoms with E-state index in [4.69, 9.17) is 9.84 Å². The number of aliphatic carboxylic acids is 1. The topological polar surface area (TPSA) is 104 Å². The maximum absolute atomic E-state index is 12.9. The number of fused-ring (bicyclic) bond motifs is 1. The number of nitrogens with zero attached hydrogens (tertiary/aromatic N) is 1. The molecule has 0 fully saturated rings. The standard InChI is InChI=1S/C22H23NO6/c24-19(13-12-16(21(25)26)11-10-15-6-2-1-3-7-15)23-18-9-5-4-8-17(18)14-20(23)29-22(27)28/h1-9,16,20H,10-14H2,(H,25,26)(H,27,28)/t16?,20-/m0/s1. The highest BCUT2D eigenvalue weighted by atomic mass is 16.7. The van der Waals surface area contributed by atoms with Gasteiger partial charge in [0.05, 0.1) is 11.6 Å². The van der Waals surface area contributed by atoms with E-state index >= 15 is 0 Å². The van der Waals surface area contributed by atoms with Crippen molar-refractivity contribution in [1.82, 2.24) is 0 Å².